The van der Waals surface area contributed by atoms with Crippen LogP contribution in [0.2, 0.25) is 0 Å². The maximum atomic E-state index is 12.7. The van der Waals surface area contributed by atoms with Gasteiger partial charge in [0.25, 0.3) is 0 Å². The smallest absolute Gasteiger partial charge is 0.241 e. The molecule has 3 rings (SSSR count). The summed E-state index contributed by atoms with van der Waals surface area (Å²) >= 11 is 3.66. The first-order valence-corrected chi connectivity index (χ1v) is 9.99. The lowest BCUT2D eigenvalue weighted by Gasteiger charge is -2.34. The molecular weight excluding hydrogens is 300 g/mol. The summed E-state index contributed by atoms with van der Waals surface area (Å²) in [6.45, 7) is 2.97. The molecule has 2 atom stereocenters. The van der Waals surface area contributed by atoms with Crippen LogP contribution in [0.25, 0.3) is 0 Å². The summed E-state index contributed by atoms with van der Waals surface area (Å²) in [5, 5.41) is 7.79. The minimum atomic E-state index is -0.0183. The number of thiophene rings is 1. The van der Waals surface area contributed by atoms with E-state index in [-0.39, 0.29) is 22.9 Å². The van der Waals surface area contributed by atoms with Gasteiger partial charge in [0, 0.05) is 11.3 Å². The monoisotopic (exact) mass is 324 g/mol. The molecule has 1 N–H and O–H groups in total. The highest BCUT2D eigenvalue weighted by molar-refractivity contribution is 8.00. The van der Waals surface area contributed by atoms with Gasteiger partial charge in [-0.1, -0.05) is 19.8 Å². The molecular formula is C16H24N2OS2. The van der Waals surface area contributed by atoms with Crippen LogP contribution in [0.3, 0.4) is 0 Å². The van der Waals surface area contributed by atoms with E-state index < -0.39 is 0 Å². The van der Waals surface area contributed by atoms with Crippen LogP contribution in [0.4, 0.5) is 0 Å². The Morgan fingerprint density at radius 1 is 1.48 bits per heavy atom. The Hall–Kier alpha value is -0.520. The van der Waals surface area contributed by atoms with Crippen molar-refractivity contribution in [3.05, 3.63) is 22.4 Å². The molecule has 116 valence electrons. The first-order valence-electron chi connectivity index (χ1n) is 7.83. The Balaban J connectivity index is 1.84. The molecule has 2 fully saturated rings. The zero-order valence-electron chi connectivity index (χ0n) is 12.8. The van der Waals surface area contributed by atoms with Gasteiger partial charge in [-0.25, -0.2) is 0 Å². The van der Waals surface area contributed by atoms with E-state index in [0.29, 0.717) is 0 Å². The number of hydrogen-bond acceptors (Lipinski definition) is 4. The van der Waals surface area contributed by atoms with E-state index in [9.17, 15) is 4.79 Å². The molecule has 2 aliphatic rings. The van der Waals surface area contributed by atoms with Gasteiger partial charge < -0.3 is 4.90 Å². The van der Waals surface area contributed by atoms with Gasteiger partial charge >= 0.3 is 0 Å². The average molecular weight is 325 g/mol. The summed E-state index contributed by atoms with van der Waals surface area (Å²) < 4.78 is 0.272. The molecule has 2 unspecified atom stereocenters. The van der Waals surface area contributed by atoms with Crippen molar-refractivity contribution in [3.8, 4) is 0 Å². The molecule has 5 heteroatoms. The number of nitrogens with one attached hydrogen (secondary N) is 1. The maximum absolute atomic E-state index is 12.7. The van der Waals surface area contributed by atoms with Gasteiger partial charge in [-0.3, -0.25) is 10.1 Å². The third kappa shape index (κ3) is 2.88. The zero-order valence-corrected chi connectivity index (χ0v) is 14.4. The lowest BCUT2D eigenvalue weighted by atomic mass is 10.1. The third-order valence-corrected chi connectivity index (χ3v) is 7.03. The average Bonchev–Trinajstić information content (AvgIpc) is 3.22. The molecule has 1 aromatic heterocycles. The molecule has 1 aliphatic carbocycles. The fourth-order valence-electron chi connectivity index (χ4n) is 3.60. The van der Waals surface area contributed by atoms with Crippen LogP contribution in [0.5, 0.6) is 0 Å². The number of carbonyl (C=O) groups is 1. The van der Waals surface area contributed by atoms with Crippen molar-refractivity contribution in [2.24, 2.45) is 0 Å². The highest BCUT2D eigenvalue weighted by Crippen LogP contribution is 2.43. The number of carbonyl (C=O) groups excluding carboxylic acids is 1. The normalized spacial score (nSPS) is 28.5. The Labute approximate surface area is 135 Å². The Bertz CT molecular complexity index is 482. The van der Waals surface area contributed by atoms with E-state index in [2.05, 4.69) is 40.2 Å². The minimum absolute atomic E-state index is 0.0183. The zero-order chi connectivity index (χ0) is 14.9. The second-order valence-corrected chi connectivity index (χ2v) is 8.20. The summed E-state index contributed by atoms with van der Waals surface area (Å²) in [4.78, 5) is 14.9. The number of nitrogens with zero attached hydrogens (tertiary/aromatic N) is 1. The molecule has 0 radical (unpaired) electrons. The quantitative estimate of drug-likeness (QED) is 0.897. The maximum Gasteiger partial charge on any atom is 0.241 e. The number of hydrogen-bond donors (Lipinski definition) is 1. The van der Waals surface area contributed by atoms with Gasteiger partial charge in [0.15, 0.2) is 0 Å². The summed E-state index contributed by atoms with van der Waals surface area (Å²) in [7, 11) is 0. The van der Waals surface area contributed by atoms with Crippen molar-refractivity contribution in [2.45, 2.75) is 56.0 Å². The Morgan fingerprint density at radius 3 is 2.81 bits per heavy atom. The molecule has 1 saturated carbocycles. The third-order valence-electron chi connectivity index (χ3n) is 4.93. The molecule has 3 nitrogen and oxygen atoms in total. The number of rotatable bonds is 5. The minimum Gasteiger partial charge on any atom is -0.320 e. The van der Waals surface area contributed by atoms with Crippen molar-refractivity contribution in [3.63, 3.8) is 0 Å². The van der Waals surface area contributed by atoms with E-state index in [0.717, 1.165) is 13.0 Å². The van der Waals surface area contributed by atoms with Crippen LogP contribution in [-0.4, -0.2) is 34.4 Å². The van der Waals surface area contributed by atoms with Gasteiger partial charge in [-0.15, -0.1) is 0 Å². The molecule has 1 saturated heterocycles. The largest absolute Gasteiger partial charge is 0.320 e. The van der Waals surface area contributed by atoms with Crippen LogP contribution in [0.1, 0.15) is 50.8 Å². The Morgan fingerprint density at radius 2 is 2.24 bits per heavy atom. The molecule has 21 heavy (non-hydrogen) atoms. The highest BCUT2D eigenvalue weighted by atomic mass is 32.2. The van der Waals surface area contributed by atoms with Crippen LogP contribution in [-0.2, 0) is 4.79 Å². The van der Waals surface area contributed by atoms with Crippen molar-refractivity contribution < 1.29 is 4.79 Å². The first kappa shape index (κ1) is 15.4. The van der Waals surface area contributed by atoms with E-state index in [1.54, 1.807) is 11.3 Å². The van der Waals surface area contributed by atoms with E-state index in [1.807, 2.05) is 11.8 Å². The standard InChI is InChI=1S/C16H24N2OS2/c1-3-13-15(19)18(11-16(20-2)7-4-5-8-16)14(17-13)12-6-9-21-10-12/h6,9-10,13-14,17H,3-5,7-8,11H2,1-2H3. The van der Waals surface area contributed by atoms with Gasteiger partial charge in [-0.05, 0) is 47.9 Å². The van der Waals surface area contributed by atoms with Crippen LogP contribution >= 0.6 is 23.1 Å². The second kappa shape index (κ2) is 6.31. The van der Waals surface area contributed by atoms with Crippen molar-refractivity contribution in [2.75, 3.05) is 12.8 Å². The van der Waals surface area contributed by atoms with Crippen LogP contribution in [0, 0.1) is 0 Å². The lowest BCUT2D eigenvalue weighted by Crippen LogP contribution is -2.42. The van der Waals surface area contributed by atoms with Gasteiger partial charge in [0.1, 0.15) is 6.17 Å². The lowest BCUT2D eigenvalue weighted by molar-refractivity contribution is -0.130. The summed E-state index contributed by atoms with van der Waals surface area (Å²) in [6.07, 6.45) is 8.22. The van der Waals surface area contributed by atoms with E-state index in [4.69, 9.17) is 0 Å². The highest BCUT2D eigenvalue weighted by Gasteiger charge is 2.44. The SMILES string of the molecule is CCC1NC(c2ccsc2)N(CC2(SC)CCCC2)C1=O. The van der Waals surface area contributed by atoms with E-state index in [1.165, 1.54) is 31.2 Å². The second-order valence-electron chi connectivity index (χ2n) is 6.15. The van der Waals surface area contributed by atoms with Gasteiger partial charge in [-0.2, -0.15) is 23.1 Å². The summed E-state index contributed by atoms with van der Waals surface area (Å²) in [5.74, 6) is 0.286. The van der Waals surface area contributed by atoms with Crippen molar-refractivity contribution in [1.29, 1.82) is 0 Å². The molecule has 0 aromatic carbocycles. The molecule has 1 amide bonds. The van der Waals surface area contributed by atoms with Crippen LogP contribution in [0.15, 0.2) is 16.8 Å². The fourth-order valence-corrected chi connectivity index (χ4v) is 5.25. The predicted molar refractivity (Wildman–Crippen MR) is 90.7 cm³/mol. The molecule has 2 heterocycles. The topological polar surface area (TPSA) is 32.3 Å². The Kier molecular flexibility index (Phi) is 4.62. The van der Waals surface area contributed by atoms with Crippen molar-refractivity contribution >= 4 is 29.0 Å². The molecule has 1 aromatic rings. The van der Waals surface area contributed by atoms with Gasteiger partial charge in [0.05, 0.1) is 6.04 Å². The fraction of sp³-hybridized carbons (Fsp3) is 0.688. The van der Waals surface area contributed by atoms with Gasteiger partial charge in [0.2, 0.25) is 5.91 Å². The first-order chi connectivity index (χ1) is 10.2. The van der Waals surface area contributed by atoms with E-state index >= 15 is 0 Å². The number of amides is 1. The molecule has 0 bridgehead atoms. The molecule has 0 spiro atoms. The summed E-state index contributed by atoms with van der Waals surface area (Å²) in [5.41, 5.74) is 1.23. The van der Waals surface area contributed by atoms with Crippen molar-refractivity contribution in [1.82, 2.24) is 10.2 Å². The molecule has 1 aliphatic heterocycles. The number of thioether (sulfide) groups is 1. The predicted octanol–water partition coefficient (Wildman–Crippen LogP) is 3.63. The van der Waals surface area contributed by atoms with Crippen LogP contribution < -0.4 is 5.32 Å². The summed E-state index contributed by atoms with van der Waals surface area (Å²) in [6, 6.07) is 2.12.